The van der Waals surface area contributed by atoms with Crippen LogP contribution in [0.2, 0.25) is 0 Å². The number of carbonyl (C=O) groups excluding carboxylic acids is 1. The number of ether oxygens (including phenoxy) is 1. The summed E-state index contributed by atoms with van der Waals surface area (Å²) in [6.45, 7) is 5.43. The molecule has 0 heterocycles. The van der Waals surface area contributed by atoms with E-state index in [0.29, 0.717) is 11.1 Å². The highest BCUT2D eigenvalue weighted by atomic mass is 79.9. The van der Waals surface area contributed by atoms with Crippen molar-refractivity contribution in [2.75, 3.05) is 6.61 Å². The zero-order valence-corrected chi connectivity index (χ0v) is 10.5. The molecule has 3 nitrogen and oxygen atoms in total. The van der Waals surface area contributed by atoms with Gasteiger partial charge in [0.05, 0.1) is 11.1 Å². The number of halogens is 1. The molecule has 84 valence electrons. The van der Waals surface area contributed by atoms with Crippen LogP contribution in [0, 0.1) is 0 Å². The Labute approximate surface area is 103 Å². The summed E-state index contributed by atoms with van der Waals surface area (Å²) in [4.78, 5) is 15.2. The zero-order valence-electron chi connectivity index (χ0n) is 8.94. The highest BCUT2D eigenvalue weighted by Gasteiger charge is 2.14. The zero-order chi connectivity index (χ0) is 12.0. The van der Waals surface area contributed by atoms with E-state index in [9.17, 15) is 4.79 Å². The number of hydrogen-bond acceptors (Lipinski definition) is 3. The molecule has 1 rings (SSSR count). The number of esters is 1. The minimum Gasteiger partial charge on any atom is -0.461 e. The van der Waals surface area contributed by atoms with Crippen LogP contribution >= 0.6 is 15.9 Å². The van der Waals surface area contributed by atoms with Crippen molar-refractivity contribution in [3.63, 3.8) is 0 Å². The number of carbonyl (C=O) groups is 1. The van der Waals surface area contributed by atoms with Crippen molar-refractivity contribution in [3.05, 3.63) is 41.6 Å². The van der Waals surface area contributed by atoms with Crippen LogP contribution < -0.4 is 0 Å². The first-order valence-electron chi connectivity index (χ1n) is 4.79. The van der Waals surface area contributed by atoms with Crippen molar-refractivity contribution in [3.8, 4) is 0 Å². The highest BCUT2D eigenvalue weighted by molar-refractivity contribution is 9.15. The third kappa shape index (κ3) is 3.03. The van der Waals surface area contributed by atoms with Gasteiger partial charge in [0.1, 0.15) is 0 Å². The lowest BCUT2D eigenvalue weighted by atomic mass is 10.2. The normalized spacial score (nSPS) is 11.6. The molecule has 0 saturated carbocycles. The molecule has 0 aliphatic rings. The van der Waals surface area contributed by atoms with Crippen molar-refractivity contribution in [1.29, 1.82) is 0 Å². The van der Waals surface area contributed by atoms with E-state index in [1.165, 1.54) is 0 Å². The summed E-state index contributed by atoms with van der Waals surface area (Å²) in [7, 11) is 0. The van der Waals surface area contributed by atoms with Crippen LogP contribution in [0.3, 0.4) is 0 Å². The lowest BCUT2D eigenvalue weighted by Gasteiger charge is -2.05. The summed E-state index contributed by atoms with van der Waals surface area (Å²) in [5.74, 6) is -0.478. The Bertz CT molecular complexity index is 412. The number of hydrogen-bond donors (Lipinski definition) is 0. The SMILES string of the molecule is C=NC(C(=O)OCC)=C(Br)c1ccccc1. The third-order valence-electron chi connectivity index (χ3n) is 1.86. The second-order valence-corrected chi connectivity index (χ2v) is 3.70. The Morgan fingerprint density at radius 3 is 2.56 bits per heavy atom. The van der Waals surface area contributed by atoms with Gasteiger partial charge in [-0.2, -0.15) is 0 Å². The lowest BCUT2D eigenvalue weighted by molar-refractivity contribution is -0.138. The Hall–Kier alpha value is -1.42. The Morgan fingerprint density at radius 2 is 2.06 bits per heavy atom. The summed E-state index contributed by atoms with van der Waals surface area (Å²) in [5, 5.41) is 0. The molecular weight excluding hydrogens is 270 g/mol. The van der Waals surface area contributed by atoms with Gasteiger partial charge >= 0.3 is 5.97 Å². The molecule has 0 aliphatic carbocycles. The molecule has 0 radical (unpaired) electrons. The van der Waals surface area contributed by atoms with Gasteiger partial charge in [-0.3, -0.25) is 4.99 Å². The lowest BCUT2D eigenvalue weighted by Crippen LogP contribution is -2.07. The number of aliphatic imine (C=N–C) groups is 1. The first kappa shape index (κ1) is 12.6. The van der Waals surface area contributed by atoms with Gasteiger partial charge in [0.15, 0.2) is 5.70 Å². The van der Waals surface area contributed by atoms with Crippen molar-refractivity contribution in [2.45, 2.75) is 6.92 Å². The van der Waals surface area contributed by atoms with Gasteiger partial charge < -0.3 is 4.74 Å². The summed E-state index contributed by atoms with van der Waals surface area (Å²) >= 11 is 3.33. The van der Waals surface area contributed by atoms with E-state index in [1.54, 1.807) is 6.92 Å². The first-order chi connectivity index (χ1) is 7.70. The Balaban J connectivity index is 3.09. The van der Waals surface area contributed by atoms with Crippen LogP contribution in [-0.2, 0) is 9.53 Å². The van der Waals surface area contributed by atoms with Crippen LogP contribution in [0.25, 0.3) is 4.48 Å². The maximum Gasteiger partial charge on any atom is 0.358 e. The second-order valence-electron chi connectivity index (χ2n) is 2.91. The minimum atomic E-state index is -0.478. The summed E-state index contributed by atoms with van der Waals surface area (Å²) in [6, 6.07) is 9.39. The van der Waals surface area contributed by atoms with Gasteiger partial charge in [0.25, 0.3) is 0 Å². The fraction of sp³-hybridized carbons (Fsp3) is 0.167. The quantitative estimate of drug-likeness (QED) is 0.483. The number of nitrogens with zero attached hydrogens (tertiary/aromatic N) is 1. The molecule has 0 aromatic heterocycles. The molecule has 0 N–H and O–H groups in total. The van der Waals surface area contributed by atoms with Gasteiger partial charge in [0.2, 0.25) is 0 Å². The van der Waals surface area contributed by atoms with Gasteiger partial charge in [-0.15, -0.1) is 0 Å². The average Bonchev–Trinajstić information content (AvgIpc) is 2.31. The second kappa shape index (κ2) is 6.23. The number of benzene rings is 1. The van der Waals surface area contributed by atoms with Crippen LogP contribution in [-0.4, -0.2) is 19.3 Å². The van der Waals surface area contributed by atoms with Gasteiger partial charge in [-0.25, -0.2) is 4.79 Å². The van der Waals surface area contributed by atoms with Crippen molar-refractivity contribution in [2.24, 2.45) is 4.99 Å². The van der Waals surface area contributed by atoms with E-state index in [4.69, 9.17) is 4.74 Å². The third-order valence-corrected chi connectivity index (χ3v) is 2.70. The van der Waals surface area contributed by atoms with Crippen molar-refractivity contribution in [1.82, 2.24) is 0 Å². The molecule has 0 fully saturated rings. The van der Waals surface area contributed by atoms with Crippen LogP contribution in [0.1, 0.15) is 12.5 Å². The molecular formula is C12H12BrNO2. The van der Waals surface area contributed by atoms with E-state index in [2.05, 4.69) is 27.6 Å². The summed E-state index contributed by atoms with van der Waals surface area (Å²) in [5.41, 5.74) is 1.05. The van der Waals surface area contributed by atoms with Crippen LogP contribution in [0.5, 0.6) is 0 Å². The van der Waals surface area contributed by atoms with E-state index < -0.39 is 5.97 Å². The smallest absolute Gasteiger partial charge is 0.358 e. The number of rotatable bonds is 4. The Kier molecular flexibility index (Phi) is 4.92. The highest BCUT2D eigenvalue weighted by Crippen LogP contribution is 2.26. The van der Waals surface area contributed by atoms with Crippen LogP contribution in [0.15, 0.2) is 41.0 Å². The predicted octanol–water partition coefficient (Wildman–Crippen LogP) is 3.01. The van der Waals surface area contributed by atoms with Gasteiger partial charge in [-0.05, 0) is 35.1 Å². The van der Waals surface area contributed by atoms with E-state index in [0.717, 1.165) is 5.56 Å². The van der Waals surface area contributed by atoms with Crippen molar-refractivity contribution >= 4 is 33.1 Å². The first-order valence-corrected chi connectivity index (χ1v) is 5.59. The monoisotopic (exact) mass is 281 g/mol. The maximum atomic E-state index is 11.5. The van der Waals surface area contributed by atoms with Crippen LogP contribution in [0.4, 0.5) is 0 Å². The fourth-order valence-electron chi connectivity index (χ4n) is 1.14. The molecule has 1 aromatic carbocycles. The van der Waals surface area contributed by atoms with Crippen molar-refractivity contribution < 1.29 is 9.53 Å². The minimum absolute atomic E-state index is 0.188. The molecule has 0 saturated heterocycles. The summed E-state index contributed by atoms with van der Waals surface area (Å²) in [6.07, 6.45) is 0. The molecule has 0 aliphatic heterocycles. The molecule has 16 heavy (non-hydrogen) atoms. The average molecular weight is 282 g/mol. The van der Waals surface area contributed by atoms with E-state index >= 15 is 0 Å². The van der Waals surface area contributed by atoms with Gasteiger partial charge in [0, 0.05) is 0 Å². The largest absolute Gasteiger partial charge is 0.461 e. The topological polar surface area (TPSA) is 38.7 Å². The molecule has 1 aromatic rings. The van der Waals surface area contributed by atoms with E-state index in [-0.39, 0.29) is 5.70 Å². The molecule has 0 unspecified atom stereocenters. The molecule has 0 bridgehead atoms. The molecule has 4 heteroatoms. The standard InChI is InChI=1S/C12H12BrNO2/c1-3-16-12(15)11(14-2)10(13)9-7-5-4-6-8-9/h4-8H,2-3H2,1H3. The molecule has 0 amide bonds. The Morgan fingerprint density at radius 1 is 1.44 bits per heavy atom. The summed E-state index contributed by atoms with van der Waals surface area (Å²) < 4.78 is 5.46. The molecule has 0 atom stereocenters. The fourth-order valence-corrected chi connectivity index (χ4v) is 1.70. The van der Waals surface area contributed by atoms with E-state index in [1.807, 2.05) is 30.3 Å². The molecule has 0 spiro atoms. The maximum absolute atomic E-state index is 11.5. The van der Waals surface area contributed by atoms with Gasteiger partial charge in [-0.1, -0.05) is 30.3 Å². The predicted molar refractivity (Wildman–Crippen MR) is 68.5 cm³/mol.